The molecule has 0 bridgehead atoms. The van der Waals surface area contributed by atoms with Crippen LogP contribution in [-0.2, 0) is 4.79 Å². The number of hydrazine groups is 1. The van der Waals surface area contributed by atoms with Crippen LogP contribution in [-0.4, -0.2) is 50.0 Å². The molecule has 4 nitrogen and oxygen atoms in total. The monoisotopic (exact) mass is 159 g/mol. The Morgan fingerprint density at radius 3 is 2.27 bits per heavy atom. The fourth-order valence-electron chi connectivity index (χ4n) is 0.553. The zero-order chi connectivity index (χ0) is 8.85. The maximum absolute atomic E-state index is 10.7. The predicted octanol–water partition coefficient (Wildman–Crippen LogP) is -0.469. The van der Waals surface area contributed by atoms with E-state index in [1.54, 1.807) is 7.05 Å². The molecule has 4 heteroatoms. The molecule has 0 radical (unpaired) electrons. The number of amides is 1. The zero-order valence-corrected chi connectivity index (χ0v) is 7.72. The molecule has 0 aliphatic rings. The molecule has 0 aromatic rings. The topological polar surface area (TPSA) is 35.6 Å². The third kappa shape index (κ3) is 5.82. The molecule has 0 atom stereocenters. The van der Waals surface area contributed by atoms with Crippen molar-refractivity contribution < 1.29 is 4.79 Å². The number of carbonyl (C=O) groups excluding carboxylic acids is 1. The van der Waals surface area contributed by atoms with Crippen LogP contribution >= 0.6 is 0 Å². The number of hydrogen-bond acceptors (Lipinski definition) is 3. The molecule has 0 saturated carbocycles. The summed E-state index contributed by atoms with van der Waals surface area (Å²) >= 11 is 0. The summed E-state index contributed by atoms with van der Waals surface area (Å²) in [4.78, 5) is 12.7. The third-order valence-electron chi connectivity index (χ3n) is 1.38. The van der Waals surface area contributed by atoms with Crippen molar-refractivity contribution in [1.29, 1.82) is 0 Å². The largest absolute Gasteiger partial charge is 0.308 e. The predicted molar refractivity (Wildman–Crippen MR) is 45.0 cm³/mol. The minimum absolute atomic E-state index is 0.0313. The van der Waals surface area contributed by atoms with Gasteiger partial charge >= 0.3 is 0 Å². The Balaban J connectivity index is 3.31. The number of carbonyl (C=O) groups is 1. The normalized spacial score (nSPS) is 10.3. The van der Waals surface area contributed by atoms with Gasteiger partial charge in [-0.1, -0.05) is 0 Å². The van der Waals surface area contributed by atoms with Gasteiger partial charge in [0.2, 0.25) is 5.91 Å². The van der Waals surface area contributed by atoms with Crippen molar-refractivity contribution in [3.05, 3.63) is 0 Å². The average Bonchev–Trinajstić information content (AvgIpc) is 1.86. The number of rotatable bonds is 4. The smallest absolute Gasteiger partial charge is 0.233 e. The van der Waals surface area contributed by atoms with E-state index in [4.69, 9.17) is 0 Å². The number of likely N-dealkylation sites (N-methyl/N-ethyl adjacent to an activating group) is 1. The van der Waals surface area contributed by atoms with E-state index in [0.717, 1.165) is 13.1 Å². The molecule has 0 aliphatic heterocycles. The summed E-state index contributed by atoms with van der Waals surface area (Å²) in [6.07, 6.45) is 0. The first-order chi connectivity index (χ1) is 5.04. The van der Waals surface area contributed by atoms with Crippen molar-refractivity contribution in [2.45, 2.75) is 6.92 Å². The molecule has 66 valence electrons. The summed E-state index contributed by atoms with van der Waals surface area (Å²) in [7, 11) is 5.71. The molecule has 0 unspecified atom stereocenters. The van der Waals surface area contributed by atoms with Gasteiger partial charge in [-0.2, -0.15) is 0 Å². The highest BCUT2D eigenvalue weighted by molar-refractivity contribution is 5.72. The van der Waals surface area contributed by atoms with Gasteiger partial charge in [0.25, 0.3) is 0 Å². The van der Waals surface area contributed by atoms with Crippen LogP contribution in [0.1, 0.15) is 6.92 Å². The lowest BCUT2D eigenvalue weighted by Crippen LogP contribution is -2.41. The molecule has 0 aromatic carbocycles. The Morgan fingerprint density at radius 1 is 1.36 bits per heavy atom. The Bertz CT molecular complexity index is 125. The molecule has 0 spiro atoms. The summed E-state index contributed by atoms with van der Waals surface area (Å²) in [5, 5.41) is 1.49. The van der Waals surface area contributed by atoms with Gasteiger partial charge < -0.3 is 4.90 Å². The highest BCUT2D eigenvalue weighted by Crippen LogP contribution is 1.76. The lowest BCUT2D eigenvalue weighted by Gasteiger charge is -2.17. The highest BCUT2D eigenvalue weighted by atomic mass is 16.2. The summed E-state index contributed by atoms with van der Waals surface area (Å²) in [6.45, 7) is 3.25. The summed E-state index contributed by atoms with van der Waals surface area (Å²) in [6, 6.07) is 0. The van der Waals surface area contributed by atoms with Crippen molar-refractivity contribution >= 4 is 5.91 Å². The molecule has 1 N–H and O–H groups in total. The second-order valence-corrected chi connectivity index (χ2v) is 2.79. The quantitative estimate of drug-likeness (QED) is 0.563. The first-order valence-electron chi connectivity index (χ1n) is 3.66. The standard InChI is InChI=1S/C7H17N3O/c1-7(11)10(4)8-5-6-9(2)3/h8H,5-6H2,1-4H3. The van der Waals surface area contributed by atoms with E-state index in [-0.39, 0.29) is 5.91 Å². The molecule has 0 saturated heterocycles. The maximum Gasteiger partial charge on any atom is 0.233 e. The lowest BCUT2D eigenvalue weighted by molar-refractivity contribution is -0.130. The average molecular weight is 159 g/mol. The molecule has 0 aromatic heterocycles. The molecule has 0 heterocycles. The van der Waals surface area contributed by atoms with Gasteiger partial charge in [0.1, 0.15) is 0 Å². The van der Waals surface area contributed by atoms with Gasteiger partial charge in [-0.15, -0.1) is 0 Å². The number of nitrogens with zero attached hydrogens (tertiary/aromatic N) is 2. The van der Waals surface area contributed by atoms with Gasteiger partial charge in [0.05, 0.1) is 0 Å². The Morgan fingerprint density at radius 2 is 1.91 bits per heavy atom. The van der Waals surface area contributed by atoms with Crippen LogP contribution in [0, 0.1) is 0 Å². The van der Waals surface area contributed by atoms with Gasteiger partial charge in [-0.05, 0) is 14.1 Å². The minimum atomic E-state index is 0.0313. The van der Waals surface area contributed by atoms with Crippen molar-refractivity contribution in [3.63, 3.8) is 0 Å². The van der Waals surface area contributed by atoms with Crippen LogP contribution in [0.4, 0.5) is 0 Å². The molecule has 0 aliphatic carbocycles. The number of hydrogen-bond donors (Lipinski definition) is 1. The summed E-state index contributed by atoms with van der Waals surface area (Å²) in [5.74, 6) is 0.0313. The van der Waals surface area contributed by atoms with Crippen molar-refractivity contribution in [2.75, 3.05) is 34.2 Å². The van der Waals surface area contributed by atoms with Gasteiger partial charge in [0.15, 0.2) is 0 Å². The maximum atomic E-state index is 10.7. The van der Waals surface area contributed by atoms with Crippen LogP contribution in [0.25, 0.3) is 0 Å². The molecular formula is C7H17N3O. The molecular weight excluding hydrogens is 142 g/mol. The van der Waals surface area contributed by atoms with Gasteiger partial charge in [0, 0.05) is 27.1 Å². The van der Waals surface area contributed by atoms with Crippen molar-refractivity contribution in [1.82, 2.24) is 15.3 Å². The van der Waals surface area contributed by atoms with Crippen molar-refractivity contribution in [3.8, 4) is 0 Å². The molecule has 11 heavy (non-hydrogen) atoms. The molecule has 0 fully saturated rings. The summed E-state index contributed by atoms with van der Waals surface area (Å²) < 4.78 is 0. The molecule has 0 rings (SSSR count). The van der Waals surface area contributed by atoms with E-state index < -0.39 is 0 Å². The Labute approximate surface area is 68.1 Å². The van der Waals surface area contributed by atoms with Gasteiger partial charge in [-0.25, -0.2) is 5.43 Å². The van der Waals surface area contributed by atoms with E-state index in [1.165, 1.54) is 11.9 Å². The van der Waals surface area contributed by atoms with Crippen molar-refractivity contribution in [2.24, 2.45) is 0 Å². The lowest BCUT2D eigenvalue weighted by atomic mass is 10.6. The highest BCUT2D eigenvalue weighted by Gasteiger charge is 1.99. The van der Waals surface area contributed by atoms with E-state index >= 15 is 0 Å². The fourth-order valence-corrected chi connectivity index (χ4v) is 0.553. The van der Waals surface area contributed by atoms with E-state index in [1.807, 2.05) is 14.1 Å². The second-order valence-electron chi connectivity index (χ2n) is 2.79. The van der Waals surface area contributed by atoms with Crippen LogP contribution in [0.5, 0.6) is 0 Å². The van der Waals surface area contributed by atoms with Crippen LogP contribution in [0.2, 0.25) is 0 Å². The Hall–Kier alpha value is -0.610. The van der Waals surface area contributed by atoms with Gasteiger partial charge in [-0.3, -0.25) is 9.80 Å². The van der Waals surface area contributed by atoms with Crippen LogP contribution in [0.15, 0.2) is 0 Å². The molecule has 1 amide bonds. The first-order valence-corrected chi connectivity index (χ1v) is 3.66. The number of nitrogens with one attached hydrogen (secondary N) is 1. The zero-order valence-electron chi connectivity index (χ0n) is 7.72. The van der Waals surface area contributed by atoms with Crippen LogP contribution in [0.3, 0.4) is 0 Å². The minimum Gasteiger partial charge on any atom is -0.308 e. The van der Waals surface area contributed by atoms with E-state index in [0.29, 0.717) is 0 Å². The SMILES string of the molecule is CC(=O)N(C)NCCN(C)C. The van der Waals surface area contributed by atoms with E-state index in [9.17, 15) is 4.79 Å². The van der Waals surface area contributed by atoms with E-state index in [2.05, 4.69) is 10.3 Å². The van der Waals surface area contributed by atoms with Crippen LogP contribution < -0.4 is 5.43 Å². The first kappa shape index (κ1) is 10.4. The second kappa shape index (κ2) is 5.09. The Kier molecular flexibility index (Phi) is 4.81. The third-order valence-corrected chi connectivity index (χ3v) is 1.38. The fraction of sp³-hybridized carbons (Fsp3) is 0.857. The summed E-state index contributed by atoms with van der Waals surface area (Å²) in [5.41, 5.74) is 2.96.